The predicted octanol–water partition coefficient (Wildman–Crippen LogP) is 2.93. The first-order valence-electron chi connectivity index (χ1n) is 5.54. The van der Waals surface area contributed by atoms with E-state index in [9.17, 15) is 14.9 Å². The van der Waals surface area contributed by atoms with Gasteiger partial charge in [-0.2, -0.15) is 0 Å². The van der Waals surface area contributed by atoms with Gasteiger partial charge in [0.15, 0.2) is 0 Å². The van der Waals surface area contributed by atoms with E-state index in [4.69, 9.17) is 5.73 Å². The molecule has 20 heavy (non-hydrogen) atoms. The number of nitrogens with one attached hydrogen (secondary N) is 1. The lowest BCUT2D eigenvalue weighted by Crippen LogP contribution is -2.23. The molecule has 104 valence electrons. The Morgan fingerprint density at radius 3 is 2.75 bits per heavy atom. The molecular formula is C12H10BrN3O3S. The second kappa shape index (κ2) is 6.02. The van der Waals surface area contributed by atoms with Crippen molar-refractivity contribution in [2.75, 3.05) is 5.73 Å². The van der Waals surface area contributed by atoms with E-state index in [-0.39, 0.29) is 16.9 Å². The molecule has 0 spiro atoms. The molecule has 1 heterocycles. The third-order valence-corrected chi connectivity index (χ3v) is 4.20. The number of nitro groups is 1. The molecule has 0 atom stereocenters. The molecule has 0 unspecified atom stereocenters. The summed E-state index contributed by atoms with van der Waals surface area (Å²) in [6.45, 7) is 0.344. The van der Waals surface area contributed by atoms with Crippen LogP contribution in [-0.4, -0.2) is 10.8 Å². The number of anilines is 1. The maximum Gasteiger partial charge on any atom is 0.292 e. The molecule has 0 aliphatic heterocycles. The number of rotatable bonds is 4. The van der Waals surface area contributed by atoms with E-state index in [1.165, 1.54) is 29.5 Å². The lowest BCUT2D eigenvalue weighted by molar-refractivity contribution is -0.383. The molecule has 8 heteroatoms. The van der Waals surface area contributed by atoms with Crippen LogP contribution in [0.25, 0.3) is 0 Å². The molecule has 0 aliphatic rings. The minimum Gasteiger partial charge on any atom is -0.393 e. The van der Waals surface area contributed by atoms with Crippen molar-refractivity contribution in [3.8, 4) is 0 Å². The quantitative estimate of drug-likeness (QED) is 0.500. The van der Waals surface area contributed by atoms with Crippen molar-refractivity contribution >= 4 is 44.5 Å². The van der Waals surface area contributed by atoms with Crippen LogP contribution in [0.15, 0.2) is 34.1 Å². The number of nitrogens with two attached hydrogens (primary N) is 1. The second-order valence-electron chi connectivity index (χ2n) is 3.88. The Morgan fingerprint density at radius 1 is 1.40 bits per heavy atom. The highest BCUT2D eigenvalue weighted by Gasteiger charge is 2.18. The summed E-state index contributed by atoms with van der Waals surface area (Å²) in [6, 6.07) is 7.93. The number of hydrogen-bond acceptors (Lipinski definition) is 5. The Bertz CT molecular complexity index is 672. The van der Waals surface area contributed by atoms with Crippen molar-refractivity contribution in [2.45, 2.75) is 6.54 Å². The fraction of sp³-hybridized carbons (Fsp3) is 0.0833. The first kappa shape index (κ1) is 14.5. The number of thiophene rings is 1. The van der Waals surface area contributed by atoms with Crippen molar-refractivity contribution in [3.05, 3.63) is 54.7 Å². The number of nitro benzene ring substituents is 1. The molecular weight excluding hydrogens is 346 g/mol. The summed E-state index contributed by atoms with van der Waals surface area (Å²) in [5.41, 5.74) is 5.37. The molecule has 1 aromatic heterocycles. The number of hydrogen-bond donors (Lipinski definition) is 2. The van der Waals surface area contributed by atoms with E-state index in [0.717, 1.165) is 8.66 Å². The Morgan fingerprint density at radius 2 is 2.15 bits per heavy atom. The van der Waals surface area contributed by atoms with Gasteiger partial charge in [-0.1, -0.05) is 6.07 Å². The summed E-state index contributed by atoms with van der Waals surface area (Å²) in [6.07, 6.45) is 0. The largest absolute Gasteiger partial charge is 0.393 e. The molecule has 0 fully saturated rings. The Balaban J connectivity index is 2.13. The number of para-hydroxylation sites is 1. The molecule has 6 nitrogen and oxygen atoms in total. The zero-order chi connectivity index (χ0) is 14.7. The third kappa shape index (κ3) is 3.14. The minimum absolute atomic E-state index is 0.106. The molecule has 1 amide bonds. The van der Waals surface area contributed by atoms with Crippen LogP contribution >= 0.6 is 27.3 Å². The molecule has 3 N–H and O–H groups in total. The summed E-state index contributed by atoms with van der Waals surface area (Å²) in [4.78, 5) is 23.1. The van der Waals surface area contributed by atoms with Crippen LogP contribution in [-0.2, 0) is 6.54 Å². The van der Waals surface area contributed by atoms with Gasteiger partial charge >= 0.3 is 0 Å². The van der Waals surface area contributed by atoms with Crippen LogP contribution in [0.3, 0.4) is 0 Å². The number of amides is 1. The van der Waals surface area contributed by atoms with Crippen molar-refractivity contribution in [1.82, 2.24) is 5.32 Å². The molecule has 0 saturated heterocycles. The van der Waals surface area contributed by atoms with E-state index >= 15 is 0 Å². The summed E-state index contributed by atoms with van der Waals surface area (Å²) in [5.74, 6) is -0.435. The lowest BCUT2D eigenvalue weighted by Gasteiger charge is -2.06. The highest BCUT2D eigenvalue weighted by Crippen LogP contribution is 2.25. The summed E-state index contributed by atoms with van der Waals surface area (Å²) < 4.78 is 0.969. The van der Waals surface area contributed by atoms with Gasteiger partial charge < -0.3 is 11.1 Å². The minimum atomic E-state index is -0.609. The first-order valence-corrected chi connectivity index (χ1v) is 7.15. The predicted molar refractivity (Wildman–Crippen MR) is 80.7 cm³/mol. The topological polar surface area (TPSA) is 98.3 Å². The number of carbonyl (C=O) groups excluding carboxylic acids is 1. The summed E-state index contributed by atoms with van der Waals surface area (Å²) in [5, 5.41) is 13.5. The smallest absolute Gasteiger partial charge is 0.292 e. The van der Waals surface area contributed by atoms with Gasteiger partial charge in [-0.3, -0.25) is 14.9 Å². The maximum absolute atomic E-state index is 12.0. The normalized spacial score (nSPS) is 10.2. The van der Waals surface area contributed by atoms with Gasteiger partial charge in [0.25, 0.3) is 11.6 Å². The molecule has 0 saturated carbocycles. The van der Waals surface area contributed by atoms with Crippen LogP contribution in [0.2, 0.25) is 0 Å². The SMILES string of the molecule is Nc1c(C(=O)NCc2ccc(Br)s2)cccc1[N+](=O)[O-]. The van der Waals surface area contributed by atoms with E-state index in [0.29, 0.717) is 6.54 Å². The molecule has 2 rings (SSSR count). The van der Waals surface area contributed by atoms with Crippen LogP contribution in [0.5, 0.6) is 0 Å². The maximum atomic E-state index is 12.0. The monoisotopic (exact) mass is 355 g/mol. The van der Waals surface area contributed by atoms with Gasteiger partial charge in [0.05, 0.1) is 20.8 Å². The fourth-order valence-corrected chi connectivity index (χ4v) is 3.04. The van der Waals surface area contributed by atoms with Gasteiger partial charge in [0, 0.05) is 10.9 Å². The zero-order valence-electron chi connectivity index (χ0n) is 10.1. The van der Waals surface area contributed by atoms with E-state index < -0.39 is 10.8 Å². The van der Waals surface area contributed by atoms with E-state index in [1.807, 2.05) is 12.1 Å². The van der Waals surface area contributed by atoms with Gasteiger partial charge in [-0.05, 0) is 34.1 Å². The van der Waals surface area contributed by atoms with Gasteiger partial charge in [-0.15, -0.1) is 11.3 Å². The number of benzene rings is 1. The first-order chi connectivity index (χ1) is 9.49. The molecule has 0 aliphatic carbocycles. The molecule has 1 aromatic carbocycles. The Kier molecular flexibility index (Phi) is 4.35. The molecule has 0 bridgehead atoms. The van der Waals surface area contributed by atoms with Crippen LogP contribution in [0, 0.1) is 10.1 Å². The second-order valence-corrected chi connectivity index (χ2v) is 6.43. The van der Waals surface area contributed by atoms with Crippen molar-refractivity contribution in [2.24, 2.45) is 0 Å². The average Bonchev–Trinajstić information content (AvgIpc) is 2.81. The zero-order valence-corrected chi connectivity index (χ0v) is 12.5. The Labute approximate surface area is 126 Å². The van der Waals surface area contributed by atoms with Gasteiger partial charge in [0.1, 0.15) is 5.69 Å². The number of carbonyl (C=O) groups is 1. The fourth-order valence-electron chi connectivity index (χ4n) is 1.62. The van der Waals surface area contributed by atoms with Crippen LogP contribution in [0.4, 0.5) is 11.4 Å². The van der Waals surface area contributed by atoms with Crippen LogP contribution in [0.1, 0.15) is 15.2 Å². The molecule has 2 aromatic rings. The Hall–Kier alpha value is -1.93. The van der Waals surface area contributed by atoms with Crippen LogP contribution < -0.4 is 11.1 Å². The van der Waals surface area contributed by atoms with Crippen molar-refractivity contribution in [1.29, 1.82) is 0 Å². The number of halogens is 1. The third-order valence-electron chi connectivity index (χ3n) is 2.58. The van der Waals surface area contributed by atoms with E-state index in [2.05, 4.69) is 21.2 Å². The number of nitrogen functional groups attached to an aromatic ring is 1. The standard InChI is InChI=1S/C12H10BrN3O3S/c13-10-5-4-7(20-10)6-15-12(17)8-2-1-3-9(11(8)14)16(18)19/h1-5H,6,14H2,(H,15,17). The lowest BCUT2D eigenvalue weighted by atomic mass is 10.1. The van der Waals surface area contributed by atoms with Crippen molar-refractivity contribution < 1.29 is 9.72 Å². The van der Waals surface area contributed by atoms with Gasteiger partial charge in [0.2, 0.25) is 0 Å². The highest BCUT2D eigenvalue weighted by atomic mass is 79.9. The average molecular weight is 356 g/mol. The molecule has 0 radical (unpaired) electrons. The van der Waals surface area contributed by atoms with Crippen molar-refractivity contribution in [3.63, 3.8) is 0 Å². The highest BCUT2D eigenvalue weighted by molar-refractivity contribution is 9.11. The summed E-state index contributed by atoms with van der Waals surface area (Å²) >= 11 is 4.83. The summed E-state index contributed by atoms with van der Waals surface area (Å²) in [7, 11) is 0. The number of nitrogens with zero attached hydrogens (tertiary/aromatic N) is 1. The van der Waals surface area contributed by atoms with Gasteiger partial charge in [-0.25, -0.2) is 0 Å². The van der Waals surface area contributed by atoms with E-state index in [1.54, 1.807) is 0 Å².